The third-order valence-electron chi connectivity index (χ3n) is 9.20. The van der Waals surface area contributed by atoms with Crippen molar-refractivity contribution in [1.29, 1.82) is 0 Å². The molecule has 2 fully saturated rings. The number of thiazole rings is 1. The quantitative estimate of drug-likeness (QED) is 0.311. The van der Waals surface area contributed by atoms with E-state index in [2.05, 4.69) is 44.1 Å². The molecule has 37 heavy (non-hydrogen) atoms. The van der Waals surface area contributed by atoms with Crippen LogP contribution in [0.5, 0.6) is 5.75 Å². The number of aromatic hydroxyl groups is 1. The van der Waals surface area contributed by atoms with Crippen molar-refractivity contribution in [1.82, 2.24) is 4.98 Å². The minimum absolute atomic E-state index is 0.0475. The molecular weight excluding hydrogens is 484 g/mol. The molecule has 2 aromatic rings. The van der Waals surface area contributed by atoms with E-state index >= 15 is 0 Å². The molecular formula is C30H38N2O4S. The van der Waals surface area contributed by atoms with Crippen LogP contribution in [0.25, 0.3) is 0 Å². The maximum Gasteiger partial charge on any atom is 0.226 e. The van der Waals surface area contributed by atoms with Crippen LogP contribution in [0, 0.1) is 30.1 Å². The van der Waals surface area contributed by atoms with Gasteiger partial charge in [-0.15, -0.1) is 11.3 Å². The van der Waals surface area contributed by atoms with Crippen molar-refractivity contribution >= 4 is 28.2 Å². The lowest BCUT2D eigenvalue weighted by atomic mass is 9.53. The average Bonchev–Trinajstić information content (AvgIpc) is 3.33. The van der Waals surface area contributed by atoms with Crippen molar-refractivity contribution in [3.8, 4) is 5.75 Å². The summed E-state index contributed by atoms with van der Waals surface area (Å²) in [5.41, 5.74) is 3.28. The fraction of sp³-hybridized carbons (Fsp3) is 0.567. The minimum Gasteiger partial charge on any atom is -0.515 e. The molecule has 0 bridgehead atoms. The fourth-order valence-corrected chi connectivity index (χ4v) is 8.21. The molecule has 0 radical (unpaired) electrons. The molecule has 5 rings (SSSR count). The van der Waals surface area contributed by atoms with Gasteiger partial charge in [-0.2, -0.15) is 0 Å². The zero-order chi connectivity index (χ0) is 26.7. The summed E-state index contributed by atoms with van der Waals surface area (Å²) in [6.45, 7) is 10.4. The Morgan fingerprint density at radius 2 is 2.05 bits per heavy atom. The van der Waals surface area contributed by atoms with Crippen LogP contribution in [0.4, 0.5) is 5.13 Å². The number of fused-ring (bicyclic) bond motifs is 5. The highest BCUT2D eigenvalue weighted by Gasteiger charge is 2.60. The Morgan fingerprint density at radius 3 is 2.70 bits per heavy atom. The van der Waals surface area contributed by atoms with Crippen molar-refractivity contribution in [2.75, 3.05) is 5.32 Å². The summed E-state index contributed by atoms with van der Waals surface area (Å²) in [6, 6.07) is 4.17. The molecule has 5 atom stereocenters. The number of hydrogen-bond donors (Lipinski definition) is 3. The Morgan fingerprint density at radius 1 is 1.30 bits per heavy atom. The van der Waals surface area contributed by atoms with Crippen LogP contribution in [-0.2, 0) is 21.4 Å². The predicted molar refractivity (Wildman–Crippen MR) is 146 cm³/mol. The standard InChI is InChI=1S/C30H38N2O4S/c1-16-14-31-28(37-16)32-25(35)9-8-20-22(15-33)27(36)30(5)11-10-18-19(26(20)30)7-6-17-12-24(34)23(13-21(17)18)29(2,3)4/h12-15,18-20,26,33-34H,6-11H2,1-5H3,(H,31,32,35)/t18?,19?,20-,26?,30+/m1/s1. The number of aliphatic hydroxyl groups is 1. The molecule has 1 aromatic carbocycles. The normalized spacial score (nSPS) is 30.1. The highest BCUT2D eigenvalue weighted by Crippen LogP contribution is 2.63. The summed E-state index contributed by atoms with van der Waals surface area (Å²) in [7, 11) is 0. The second-order valence-corrected chi connectivity index (χ2v) is 13.7. The zero-order valence-corrected chi connectivity index (χ0v) is 23.2. The smallest absolute Gasteiger partial charge is 0.226 e. The Hall–Kier alpha value is -2.67. The number of aryl methyl sites for hydroxylation is 2. The topological polar surface area (TPSA) is 99.5 Å². The van der Waals surface area contributed by atoms with Gasteiger partial charge in [-0.25, -0.2) is 4.98 Å². The summed E-state index contributed by atoms with van der Waals surface area (Å²) < 4.78 is 0. The van der Waals surface area contributed by atoms with E-state index in [1.165, 1.54) is 22.5 Å². The number of amides is 1. The number of benzene rings is 1. The number of carbonyl (C=O) groups is 2. The first-order valence-electron chi connectivity index (χ1n) is 13.4. The second kappa shape index (κ2) is 9.26. The molecule has 0 spiro atoms. The third kappa shape index (κ3) is 4.39. The van der Waals surface area contributed by atoms with Gasteiger partial charge in [0.25, 0.3) is 0 Å². The molecule has 1 amide bonds. The van der Waals surface area contributed by atoms with E-state index < -0.39 is 5.41 Å². The first-order chi connectivity index (χ1) is 17.4. The number of aliphatic hydroxyl groups excluding tert-OH is 1. The van der Waals surface area contributed by atoms with Crippen molar-refractivity contribution in [2.45, 2.75) is 84.5 Å². The van der Waals surface area contributed by atoms with E-state index in [9.17, 15) is 19.8 Å². The van der Waals surface area contributed by atoms with Crippen molar-refractivity contribution in [2.24, 2.45) is 23.2 Å². The highest BCUT2D eigenvalue weighted by molar-refractivity contribution is 7.15. The summed E-state index contributed by atoms with van der Waals surface area (Å²) in [6.07, 6.45) is 7.04. The second-order valence-electron chi connectivity index (χ2n) is 12.5. The van der Waals surface area contributed by atoms with E-state index in [-0.39, 0.29) is 35.4 Å². The van der Waals surface area contributed by atoms with Crippen LogP contribution in [0.3, 0.4) is 0 Å². The van der Waals surface area contributed by atoms with Crippen LogP contribution in [0.15, 0.2) is 30.2 Å². The van der Waals surface area contributed by atoms with Crippen LogP contribution < -0.4 is 5.32 Å². The number of nitrogens with one attached hydrogen (secondary N) is 1. The van der Waals surface area contributed by atoms with Gasteiger partial charge in [0.05, 0.1) is 6.26 Å². The van der Waals surface area contributed by atoms with Crippen LogP contribution in [-0.4, -0.2) is 26.9 Å². The molecule has 7 heteroatoms. The number of carbonyl (C=O) groups excluding carboxylic acids is 2. The van der Waals surface area contributed by atoms with Gasteiger partial charge in [0.2, 0.25) is 5.91 Å². The molecule has 3 N–H and O–H groups in total. The molecule has 2 saturated carbocycles. The molecule has 3 unspecified atom stereocenters. The number of Topliss-reactive ketones (excluding diaryl/α,β-unsaturated/α-hetero) is 1. The van der Waals surface area contributed by atoms with Crippen LogP contribution in [0.1, 0.15) is 87.3 Å². The Balaban J connectivity index is 1.44. The maximum atomic E-state index is 13.6. The number of aromatic nitrogens is 1. The molecule has 3 aliphatic carbocycles. The summed E-state index contributed by atoms with van der Waals surface area (Å²) in [5.74, 6) is 0.826. The molecule has 1 heterocycles. The van der Waals surface area contributed by atoms with Gasteiger partial charge in [-0.05, 0) is 90.9 Å². The first kappa shape index (κ1) is 26.0. The van der Waals surface area contributed by atoms with Crippen molar-refractivity contribution in [3.05, 3.63) is 51.7 Å². The number of anilines is 1. The lowest BCUT2D eigenvalue weighted by Gasteiger charge is -2.50. The Kier molecular flexibility index (Phi) is 6.50. The summed E-state index contributed by atoms with van der Waals surface area (Å²) in [5, 5.41) is 24.4. The lowest BCUT2D eigenvalue weighted by molar-refractivity contribution is -0.127. The predicted octanol–water partition coefficient (Wildman–Crippen LogP) is 6.58. The van der Waals surface area contributed by atoms with E-state index in [0.717, 1.165) is 42.4 Å². The number of nitrogens with zero attached hydrogens (tertiary/aromatic N) is 1. The van der Waals surface area contributed by atoms with Crippen molar-refractivity contribution in [3.63, 3.8) is 0 Å². The lowest BCUT2D eigenvalue weighted by Crippen LogP contribution is -2.44. The molecule has 198 valence electrons. The van der Waals surface area contributed by atoms with Crippen molar-refractivity contribution < 1.29 is 19.8 Å². The molecule has 1 aromatic heterocycles. The zero-order valence-electron chi connectivity index (χ0n) is 22.4. The number of hydrogen-bond acceptors (Lipinski definition) is 6. The van der Waals surface area contributed by atoms with E-state index in [1.807, 2.05) is 13.0 Å². The van der Waals surface area contributed by atoms with Gasteiger partial charge >= 0.3 is 0 Å². The number of ketones is 1. The van der Waals surface area contributed by atoms with E-state index in [4.69, 9.17) is 0 Å². The Bertz CT molecular complexity index is 1270. The van der Waals surface area contributed by atoms with Gasteiger partial charge in [-0.3, -0.25) is 9.59 Å². The van der Waals surface area contributed by atoms with Crippen LogP contribution >= 0.6 is 11.3 Å². The number of allylic oxidation sites excluding steroid dienone is 1. The van der Waals surface area contributed by atoms with Gasteiger partial charge in [0.15, 0.2) is 10.9 Å². The van der Waals surface area contributed by atoms with Crippen LogP contribution in [0.2, 0.25) is 0 Å². The summed E-state index contributed by atoms with van der Waals surface area (Å²) >= 11 is 1.44. The fourth-order valence-electron chi connectivity index (χ4n) is 7.53. The SMILES string of the molecule is Cc1cnc(NC(=O)CC[C@@H]2C(=CO)C(=O)[C@@]3(C)CCC4c5cc(C(C)(C)C)c(O)cc5CCC4C23)s1. The summed E-state index contributed by atoms with van der Waals surface area (Å²) in [4.78, 5) is 31.6. The molecule has 0 aliphatic heterocycles. The third-order valence-corrected chi connectivity index (χ3v) is 10.0. The minimum atomic E-state index is -0.523. The largest absolute Gasteiger partial charge is 0.515 e. The molecule has 0 saturated heterocycles. The molecule has 6 nitrogen and oxygen atoms in total. The Labute approximate surface area is 223 Å². The average molecular weight is 523 g/mol. The maximum absolute atomic E-state index is 13.6. The van der Waals surface area contributed by atoms with Gasteiger partial charge < -0.3 is 15.5 Å². The van der Waals surface area contributed by atoms with E-state index in [1.54, 1.807) is 6.20 Å². The molecule has 3 aliphatic rings. The van der Waals surface area contributed by atoms with E-state index in [0.29, 0.717) is 34.7 Å². The highest BCUT2D eigenvalue weighted by atomic mass is 32.1. The number of phenols is 1. The first-order valence-corrected chi connectivity index (χ1v) is 14.2. The van der Waals surface area contributed by atoms with Gasteiger partial charge in [0.1, 0.15) is 5.75 Å². The van der Waals surface area contributed by atoms with Gasteiger partial charge in [0, 0.05) is 28.5 Å². The monoisotopic (exact) mass is 522 g/mol. The number of rotatable bonds is 4. The number of phenolic OH excluding ortho intramolecular Hbond substituents is 1. The van der Waals surface area contributed by atoms with Gasteiger partial charge in [-0.1, -0.05) is 33.8 Å².